The normalized spacial score (nSPS) is 13.2. The molecule has 2 aliphatic rings. The number of rotatable bonds is 4. The SMILES string of the molecule is c1ccc2c(c1)-c1ccccc1C21c2ccccc2-c2ccc(N(c3ccc(-c4cccc5c4oc4ccccc45)cc3)c3ccc4c5ccccc5c5ccccc5c4c3)cc21. The van der Waals surface area contributed by atoms with E-state index in [4.69, 9.17) is 4.42 Å². The van der Waals surface area contributed by atoms with Crippen molar-refractivity contribution in [3.8, 4) is 33.4 Å². The van der Waals surface area contributed by atoms with Gasteiger partial charge in [-0.25, -0.2) is 0 Å². The lowest BCUT2D eigenvalue weighted by Gasteiger charge is -2.32. The van der Waals surface area contributed by atoms with Gasteiger partial charge in [-0.3, -0.25) is 0 Å². The Morgan fingerprint density at radius 2 is 0.730 bits per heavy atom. The summed E-state index contributed by atoms with van der Waals surface area (Å²) in [6.45, 7) is 0. The topological polar surface area (TPSA) is 16.4 Å². The molecule has 0 amide bonds. The summed E-state index contributed by atoms with van der Waals surface area (Å²) < 4.78 is 6.52. The predicted octanol–water partition coefficient (Wildman–Crippen LogP) is 16.5. The molecule has 1 spiro atoms. The molecule has 1 heterocycles. The van der Waals surface area contributed by atoms with Crippen LogP contribution in [0.4, 0.5) is 17.1 Å². The molecule has 0 saturated heterocycles. The fraction of sp³-hybridized carbons (Fsp3) is 0.0164. The average Bonchev–Trinajstić information content (AvgIpc) is 3.99. The average molecular weight is 800 g/mol. The van der Waals surface area contributed by atoms with Crippen molar-refractivity contribution in [3.63, 3.8) is 0 Å². The lowest BCUT2D eigenvalue weighted by Crippen LogP contribution is -2.26. The van der Waals surface area contributed by atoms with E-state index in [-0.39, 0.29) is 0 Å². The molecule has 0 radical (unpaired) electrons. The van der Waals surface area contributed by atoms with Crippen LogP contribution in [-0.2, 0) is 5.41 Å². The molecule has 2 aliphatic carbocycles. The largest absolute Gasteiger partial charge is 0.455 e. The molecule has 0 N–H and O–H groups in total. The summed E-state index contributed by atoms with van der Waals surface area (Å²) in [5.74, 6) is 0. The van der Waals surface area contributed by atoms with E-state index in [0.717, 1.165) is 50.1 Å². The third-order valence-corrected chi connectivity index (χ3v) is 14.1. The number of anilines is 3. The minimum absolute atomic E-state index is 0.450. The number of fused-ring (bicyclic) bond motifs is 19. The van der Waals surface area contributed by atoms with E-state index < -0.39 is 5.41 Å². The molecule has 12 aromatic rings. The molecular formula is C61H37NO. The van der Waals surface area contributed by atoms with Gasteiger partial charge in [-0.15, -0.1) is 0 Å². The molecule has 0 unspecified atom stereocenters. The zero-order valence-electron chi connectivity index (χ0n) is 34.2. The van der Waals surface area contributed by atoms with Gasteiger partial charge in [0.05, 0.1) is 5.41 Å². The van der Waals surface area contributed by atoms with Gasteiger partial charge in [0.2, 0.25) is 0 Å². The van der Waals surface area contributed by atoms with E-state index in [9.17, 15) is 0 Å². The van der Waals surface area contributed by atoms with Crippen molar-refractivity contribution in [3.05, 3.63) is 247 Å². The van der Waals surface area contributed by atoms with Crippen molar-refractivity contribution in [2.45, 2.75) is 5.41 Å². The smallest absolute Gasteiger partial charge is 0.143 e. The number of para-hydroxylation sites is 2. The highest BCUT2D eigenvalue weighted by molar-refractivity contribution is 6.26. The maximum Gasteiger partial charge on any atom is 0.143 e. The fourth-order valence-corrected chi connectivity index (χ4v) is 11.5. The summed E-state index contributed by atoms with van der Waals surface area (Å²) in [5, 5.41) is 9.83. The standard InChI is InChI=1S/C61H37NO/c1-2-16-45-43(14-1)44-15-3-4-17-46(44)54-36-40(32-34-47(45)54)62(39-30-28-38(29-31-39)42-22-13-23-53-52-21-8-12-27-59(52)63-60(42)53)41-33-35-51-50-20-7-11-26-57(50)61(58(51)37-41)55-24-9-5-18-48(55)49-19-6-10-25-56(49)61/h1-37H. The Kier molecular flexibility index (Phi) is 7.07. The van der Waals surface area contributed by atoms with E-state index in [1.54, 1.807) is 0 Å². The first-order chi connectivity index (χ1) is 31.3. The Balaban J connectivity index is 1.01. The van der Waals surface area contributed by atoms with Crippen LogP contribution >= 0.6 is 0 Å². The zero-order chi connectivity index (χ0) is 41.2. The number of furan rings is 1. The van der Waals surface area contributed by atoms with Crippen LogP contribution in [0.3, 0.4) is 0 Å². The van der Waals surface area contributed by atoms with E-state index in [2.05, 4.69) is 223 Å². The first-order valence-corrected chi connectivity index (χ1v) is 21.8. The predicted molar refractivity (Wildman–Crippen MR) is 263 cm³/mol. The summed E-state index contributed by atoms with van der Waals surface area (Å²) in [4.78, 5) is 2.46. The highest BCUT2D eigenvalue weighted by atomic mass is 16.3. The van der Waals surface area contributed by atoms with Gasteiger partial charge in [-0.1, -0.05) is 182 Å². The van der Waals surface area contributed by atoms with Crippen molar-refractivity contribution in [1.82, 2.24) is 0 Å². The second-order valence-electron chi connectivity index (χ2n) is 17.1. The number of benzene rings is 11. The molecule has 292 valence electrons. The first kappa shape index (κ1) is 34.5. The van der Waals surface area contributed by atoms with Crippen LogP contribution in [-0.4, -0.2) is 0 Å². The third kappa shape index (κ3) is 4.67. The molecule has 0 atom stereocenters. The molecule has 0 aliphatic heterocycles. The van der Waals surface area contributed by atoms with Crippen LogP contribution in [0.2, 0.25) is 0 Å². The minimum atomic E-state index is -0.450. The van der Waals surface area contributed by atoms with E-state index >= 15 is 0 Å². The summed E-state index contributed by atoms with van der Waals surface area (Å²) in [6.07, 6.45) is 0. The van der Waals surface area contributed by atoms with Crippen LogP contribution in [0.5, 0.6) is 0 Å². The van der Waals surface area contributed by atoms with Crippen molar-refractivity contribution < 1.29 is 4.42 Å². The Morgan fingerprint density at radius 3 is 1.37 bits per heavy atom. The highest BCUT2D eigenvalue weighted by Crippen LogP contribution is 2.63. The number of nitrogens with zero attached hydrogens (tertiary/aromatic N) is 1. The number of hydrogen-bond acceptors (Lipinski definition) is 2. The van der Waals surface area contributed by atoms with Crippen LogP contribution in [0.15, 0.2) is 229 Å². The first-order valence-electron chi connectivity index (χ1n) is 21.8. The van der Waals surface area contributed by atoms with Gasteiger partial charge in [0.1, 0.15) is 11.2 Å². The van der Waals surface area contributed by atoms with Gasteiger partial charge in [0, 0.05) is 33.4 Å². The van der Waals surface area contributed by atoms with Crippen LogP contribution in [0.1, 0.15) is 22.3 Å². The van der Waals surface area contributed by atoms with Gasteiger partial charge >= 0.3 is 0 Å². The lowest BCUT2D eigenvalue weighted by molar-refractivity contribution is 0.670. The Hall–Kier alpha value is -8.20. The number of hydrogen-bond donors (Lipinski definition) is 0. The molecule has 1 aromatic heterocycles. The fourth-order valence-electron chi connectivity index (χ4n) is 11.5. The van der Waals surface area contributed by atoms with Crippen LogP contribution < -0.4 is 4.90 Å². The molecule has 0 bridgehead atoms. The maximum atomic E-state index is 6.52. The van der Waals surface area contributed by atoms with E-state index in [0.29, 0.717) is 0 Å². The summed E-state index contributed by atoms with van der Waals surface area (Å²) in [7, 11) is 0. The Morgan fingerprint density at radius 1 is 0.286 bits per heavy atom. The van der Waals surface area contributed by atoms with Crippen molar-refractivity contribution in [2.24, 2.45) is 0 Å². The molecule has 2 heteroatoms. The van der Waals surface area contributed by atoms with Crippen LogP contribution in [0.25, 0.3) is 87.6 Å². The van der Waals surface area contributed by atoms with Gasteiger partial charge in [0.15, 0.2) is 0 Å². The van der Waals surface area contributed by atoms with Gasteiger partial charge in [-0.2, -0.15) is 0 Å². The molecule has 11 aromatic carbocycles. The lowest BCUT2D eigenvalue weighted by atomic mass is 9.70. The Labute approximate surface area is 364 Å². The highest BCUT2D eigenvalue weighted by Gasteiger charge is 2.51. The zero-order valence-corrected chi connectivity index (χ0v) is 34.2. The molecule has 0 saturated carbocycles. The Bertz CT molecular complexity index is 3770. The molecular weight excluding hydrogens is 763 g/mol. The molecule has 63 heavy (non-hydrogen) atoms. The van der Waals surface area contributed by atoms with Crippen molar-refractivity contribution in [1.29, 1.82) is 0 Å². The van der Waals surface area contributed by atoms with Crippen molar-refractivity contribution in [2.75, 3.05) is 4.90 Å². The van der Waals surface area contributed by atoms with Gasteiger partial charge in [-0.05, 0) is 125 Å². The van der Waals surface area contributed by atoms with E-state index in [1.165, 1.54) is 76.8 Å². The van der Waals surface area contributed by atoms with Gasteiger partial charge < -0.3 is 9.32 Å². The summed E-state index contributed by atoms with van der Waals surface area (Å²) >= 11 is 0. The second-order valence-corrected chi connectivity index (χ2v) is 17.1. The van der Waals surface area contributed by atoms with Gasteiger partial charge in [0.25, 0.3) is 0 Å². The summed E-state index contributed by atoms with van der Waals surface area (Å²) in [5.41, 5.74) is 17.4. The van der Waals surface area contributed by atoms with Crippen LogP contribution in [0, 0.1) is 0 Å². The maximum absolute atomic E-state index is 6.52. The van der Waals surface area contributed by atoms with Crippen molar-refractivity contribution >= 4 is 71.3 Å². The van der Waals surface area contributed by atoms with E-state index in [1.807, 2.05) is 6.07 Å². The molecule has 14 rings (SSSR count). The quantitative estimate of drug-likeness (QED) is 0.165. The molecule has 0 fully saturated rings. The minimum Gasteiger partial charge on any atom is -0.455 e. The third-order valence-electron chi connectivity index (χ3n) is 14.1. The second kappa shape index (κ2) is 12.9. The summed E-state index contributed by atoms with van der Waals surface area (Å²) in [6, 6.07) is 82.9. The monoisotopic (exact) mass is 799 g/mol. The molecule has 2 nitrogen and oxygen atoms in total.